The van der Waals surface area contributed by atoms with Gasteiger partial charge in [0.2, 0.25) is 0 Å². The minimum absolute atomic E-state index is 0. The lowest BCUT2D eigenvalue weighted by molar-refractivity contribution is 0.180. The summed E-state index contributed by atoms with van der Waals surface area (Å²) in [4.78, 5) is 10.1. The number of rotatable bonds is 7. The van der Waals surface area contributed by atoms with E-state index in [1.165, 1.54) is 30.4 Å². The molecular weight excluding hydrogens is 527 g/mol. The number of piperidine rings is 1. The van der Waals surface area contributed by atoms with Crippen LogP contribution < -0.4 is 10.1 Å². The summed E-state index contributed by atoms with van der Waals surface area (Å²) in [6.45, 7) is 9.39. The van der Waals surface area contributed by atoms with E-state index in [1.807, 2.05) is 17.9 Å². The molecule has 2 aliphatic rings. The van der Waals surface area contributed by atoms with Gasteiger partial charge >= 0.3 is 0 Å². The molecule has 2 aliphatic heterocycles. The largest absolute Gasteiger partial charge is 0.497 e. The van der Waals surface area contributed by atoms with Crippen molar-refractivity contribution in [2.45, 2.75) is 38.6 Å². The number of aliphatic imine (C=N–C) groups is 1. The van der Waals surface area contributed by atoms with E-state index in [2.05, 4.69) is 57.6 Å². The number of likely N-dealkylation sites (tertiary alicyclic amines) is 2. The van der Waals surface area contributed by atoms with Gasteiger partial charge in [-0.2, -0.15) is 5.10 Å². The van der Waals surface area contributed by atoms with Gasteiger partial charge in [-0.25, -0.2) is 0 Å². The molecule has 2 aromatic rings. The third kappa shape index (κ3) is 7.09. The Hall–Kier alpha value is -1.81. The van der Waals surface area contributed by atoms with Crippen LogP contribution in [0.5, 0.6) is 5.75 Å². The predicted molar refractivity (Wildman–Crippen MR) is 145 cm³/mol. The standard InChI is InChI=1S/C25H38N6O.HI/c1-4-26-25(31-14-11-22(19-31)23-16-28-29(2)18-23)27-15-20-9-12-30(13-10-20)17-21-5-7-24(32-3)8-6-21;/h5-8,16,18,20,22H,4,9-15,17,19H2,1-3H3,(H,26,27);1H. The summed E-state index contributed by atoms with van der Waals surface area (Å²) in [5, 5.41) is 7.87. The van der Waals surface area contributed by atoms with Crippen LogP contribution in [-0.4, -0.2) is 71.9 Å². The van der Waals surface area contributed by atoms with Gasteiger partial charge in [-0.1, -0.05) is 12.1 Å². The lowest BCUT2D eigenvalue weighted by Gasteiger charge is -2.31. The van der Waals surface area contributed by atoms with Crippen molar-refractivity contribution in [3.8, 4) is 5.75 Å². The molecule has 0 radical (unpaired) electrons. The Morgan fingerprint density at radius 3 is 2.55 bits per heavy atom. The van der Waals surface area contributed by atoms with E-state index in [4.69, 9.17) is 9.73 Å². The minimum Gasteiger partial charge on any atom is -0.497 e. The number of guanidine groups is 1. The SMILES string of the molecule is CCNC(=NCC1CCN(Cc2ccc(OC)cc2)CC1)N1CCC(c2cnn(C)c2)C1.I. The van der Waals surface area contributed by atoms with Crippen molar-refractivity contribution in [3.05, 3.63) is 47.8 Å². The van der Waals surface area contributed by atoms with E-state index in [1.54, 1.807) is 7.11 Å². The summed E-state index contributed by atoms with van der Waals surface area (Å²) in [5.74, 6) is 3.23. The van der Waals surface area contributed by atoms with Gasteiger partial charge < -0.3 is 15.0 Å². The van der Waals surface area contributed by atoms with Gasteiger partial charge in [0.05, 0.1) is 13.3 Å². The summed E-state index contributed by atoms with van der Waals surface area (Å²) in [7, 11) is 3.70. The highest BCUT2D eigenvalue weighted by Gasteiger charge is 2.27. The number of ether oxygens (including phenoxy) is 1. The van der Waals surface area contributed by atoms with Crippen LogP contribution in [0.2, 0.25) is 0 Å². The summed E-state index contributed by atoms with van der Waals surface area (Å²) in [6, 6.07) is 8.45. The first-order valence-corrected chi connectivity index (χ1v) is 12.0. The highest BCUT2D eigenvalue weighted by molar-refractivity contribution is 14.0. The zero-order valence-corrected chi connectivity index (χ0v) is 22.6. The fourth-order valence-corrected chi connectivity index (χ4v) is 4.83. The van der Waals surface area contributed by atoms with Crippen molar-refractivity contribution < 1.29 is 4.74 Å². The molecular formula is C25H39IN6O. The maximum atomic E-state index is 5.26. The van der Waals surface area contributed by atoms with Gasteiger partial charge in [-0.15, -0.1) is 24.0 Å². The van der Waals surface area contributed by atoms with Crippen LogP contribution in [0.15, 0.2) is 41.7 Å². The molecule has 1 unspecified atom stereocenters. The monoisotopic (exact) mass is 566 g/mol. The fourth-order valence-electron chi connectivity index (χ4n) is 4.83. The summed E-state index contributed by atoms with van der Waals surface area (Å²) < 4.78 is 7.17. The molecule has 0 spiro atoms. The third-order valence-corrected chi connectivity index (χ3v) is 6.79. The number of hydrogen-bond acceptors (Lipinski definition) is 4. The molecule has 1 aromatic heterocycles. The van der Waals surface area contributed by atoms with Gasteiger partial charge in [-0.05, 0) is 68.5 Å². The van der Waals surface area contributed by atoms with Crippen molar-refractivity contribution in [3.63, 3.8) is 0 Å². The highest BCUT2D eigenvalue weighted by atomic mass is 127. The maximum absolute atomic E-state index is 5.26. The molecule has 0 bridgehead atoms. The van der Waals surface area contributed by atoms with Gasteiger partial charge in [0.15, 0.2) is 5.96 Å². The number of benzene rings is 1. The summed E-state index contributed by atoms with van der Waals surface area (Å²) in [6.07, 6.45) is 7.77. The van der Waals surface area contributed by atoms with Gasteiger partial charge in [0.1, 0.15) is 5.75 Å². The van der Waals surface area contributed by atoms with Crippen LogP contribution in [0.3, 0.4) is 0 Å². The first kappa shape index (κ1) is 25.8. The number of halogens is 1. The van der Waals surface area contributed by atoms with Crippen LogP contribution in [0.25, 0.3) is 0 Å². The molecule has 3 heterocycles. The fraction of sp³-hybridized carbons (Fsp3) is 0.600. The normalized spacial score (nSPS) is 20.0. The number of aromatic nitrogens is 2. The minimum atomic E-state index is 0. The molecule has 2 fully saturated rings. The molecule has 182 valence electrons. The van der Waals surface area contributed by atoms with E-state index < -0.39 is 0 Å². The number of nitrogens with zero attached hydrogens (tertiary/aromatic N) is 5. The molecule has 33 heavy (non-hydrogen) atoms. The van der Waals surface area contributed by atoms with Crippen molar-refractivity contribution >= 4 is 29.9 Å². The van der Waals surface area contributed by atoms with E-state index in [9.17, 15) is 0 Å². The molecule has 0 saturated carbocycles. The summed E-state index contributed by atoms with van der Waals surface area (Å²) >= 11 is 0. The van der Waals surface area contributed by atoms with Crippen LogP contribution in [0.4, 0.5) is 0 Å². The van der Waals surface area contributed by atoms with Crippen LogP contribution in [0, 0.1) is 5.92 Å². The average Bonchev–Trinajstić information content (AvgIpc) is 3.47. The lowest BCUT2D eigenvalue weighted by Crippen LogP contribution is -2.40. The Labute approximate surface area is 215 Å². The van der Waals surface area contributed by atoms with Gasteiger partial charge in [0.25, 0.3) is 0 Å². The number of nitrogens with one attached hydrogen (secondary N) is 1. The zero-order chi connectivity index (χ0) is 22.3. The quantitative estimate of drug-likeness (QED) is 0.315. The van der Waals surface area contributed by atoms with Crippen molar-refractivity contribution in [2.75, 3.05) is 46.4 Å². The van der Waals surface area contributed by atoms with E-state index in [-0.39, 0.29) is 24.0 Å². The second kappa shape index (κ2) is 12.6. The first-order valence-electron chi connectivity index (χ1n) is 12.0. The molecule has 2 saturated heterocycles. The van der Waals surface area contributed by atoms with E-state index in [0.717, 1.165) is 57.5 Å². The van der Waals surface area contributed by atoms with Crippen LogP contribution in [0.1, 0.15) is 43.2 Å². The molecule has 0 aliphatic carbocycles. The smallest absolute Gasteiger partial charge is 0.193 e. The second-order valence-corrected chi connectivity index (χ2v) is 9.14. The predicted octanol–water partition coefficient (Wildman–Crippen LogP) is 3.71. The number of hydrogen-bond donors (Lipinski definition) is 1. The molecule has 1 N–H and O–H groups in total. The van der Waals surface area contributed by atoms with E-state index >= 15 is 0 Å². The number of methoxy groups -OCH3 is 1. The Bertz CT molecular complexity index is 875. The Kier molecular flexibility index (Phi) is 9.85. The zero-order valence-electron chi connectivity index (χ0n) is 20.2. The molecule has 8 heteroatoms. The molecule has 7 nitrogen and oxygen atoms in total. The average molecular weight is 567 g/mol. The molecule has 1 aromatic carbocycles. The first-order chi connectivity index (χ1) is 15.6. The molecule has 4 rings (SSSR count). The van der Waals surface area contributed by atoms with Crippen molar-refractivity contribution in [2.24, 2.45) is 18.0 Å². The second-order valence-electron chi connectivity index (χ2n) is 9.14. The number of aryl methyl sites for hydroxylation is 1. The Morgan fingerprint density at radius 1 is 1.15 bits per heavy atom. The third-order valence-electron chi connectivity index (χ3n) is 6.79. The van der Waals surface area contributed by atoms with Gasteiger partial charge in [0, 0.05) is 51.9 Å². The van der Waals surface area contributed by atoms with Crippen LogP contribution in [-0.2, 0) is 13.6 Å². The lowest BCUT2D eigenvalue weighted by atomic mass is 9.96. The topological polar surface area (TPSA) is 57.9 Å². The van der Waals surface area contributed by atoms with Gasteiger partial charge in [-0.3, -0.25) is 14.6 Å². The summed E-state index contributed by atoms with van der Waals surface area (Å²) in [5.41, 5.74) is 2.70. The highest BCUT2D eigenvalue weighted by Crippen LogP contribution is 2.27. The van der Waals surface area contributed by atoms with Crippen molar-refractivity contribution in [1.29, 1.82) is 0 Å². The van der Waals surface area contributed by atoms with Crippen LogP contribution >= 0.6 is 24.0 Å². The molecule has 0 amide bonds. The van der Waals surface area contributed by atoms with Crippen molar-refractivity contribution in [1.82, 2.24) is 24.9 Å². The van der Waals surface area contributed by atoms with E-state index in [0.29, 0.717) is 11.8 Å². The maximum Gasteiger partial charge on any atom is 0.193 e. The Morgan fingerprint density at radius 2 is 1.91 bits per heavy atom. The molecule has 1 atom stereocenters. The Balaban J connectivity index is 0.00000306.